The maximum Gasteiger partial charge on any atom is 0.410 e. The number of carbonyl (C=O) groups excluding carboxylic acids is 1. The van der Waals surface area contributed by atoms with Gasteiger partial charge in [-0.2, -0.15) is 0 Å². The van der Waals surface area contributed by atoms with Crippen LogP contribution < -0.4 is 0 Å². The number of rotatable bonds is 8. The maximum absolute atomic E-state index is 13.3. The molecule has 34 heavy (non-hydrogen) atoms. The number of morpholine rings is 1. The van der Waals surface area contributed by atoms with Crippen LogP contribution in [0.3, 0.4) is 0 Å². The Morgan fingerprint density at radius 1 is 1.00 bits per heavy atom. The summed E-state index contributed by atoms with van der Waals surface area (Å²) < 4.78 is 23.2. The van der Waals surface area contributed by atoms with E-state index in [1.54, 1.807) is 0 Å². The number of hydrogen-bond acceptors (Lipinski definition) is 5. The molecule has 180 valence electrons. The molecule has 3 aliphatic rings. The van der Waals surface area contributed by atoms with Crippen LogP contribution in [0, 0.1) is 0 Å². The second-order valence-electron chi connectivity index (χ2n) is 9.04. The zero-order valence-electron chi connectivity index (χ0n) is 19.9. The first-order valence-corrected chi connectivity index (χ1v) is 12.3. The zero-order valence-corrected chi connectivity index (χ0v) is 19.9. The predicted molar refractivity (Wildman–Crippen MR) is 130 cm³/mol. The summed E-state index contributed by atoms with van der Waals surface area (Å²) >= 11 is 0. The lowest BCUT2D eigenvalue weighted by molar-refractivity contribution is -0.135. The fourth-order valence-electron chi connectivity index (χ4n) is 5.54. The van der Waals surface area contributed by atoms with E-state index in [2.05, 4.69) is 54.6 Å². The van der Waals surface area contributed by atoms with Gasteiger partial charge in [0, 0.05) is 25.6 Å². The predicted octanol–water partition coefficient (Wildman–Crippen LogP) is 5.12. The summed E-state index contributed by atoms with van der Waals surface area (Å²) in [5, 5.41) is 0. The lowest BCUT2D eigenvalue weighted by Crippen LogP contribution is -2.56. The van der Waals surface area contributed by atoms with Crippen LogP contribution in [0.2, 0.25) is 0 Å². The first-order valence-electron chi connectivity index (χ1n) is 12.3. The smallest absolute Gasteiger partial charge is 0.410 e. The van der Waals surface area contributed by atoms with Crippen molar-refractivity contribution in [3.8, 4) is 11.1 Å². The molecule has 0 spiro atoms. The van der Waals surface area contributed by atoms with E-state index < -0.39 is 0 Å². The molecule has 2 aromatic carbocycles. The third-order valence-electron chi connectivity index (χ3n) is 6.96. The Labute approximate surface area is 201 Å². The van der Waals surface area contributed by atoms with Gasteiger partial charge in [0.05, 0.1) is 25.3 Å². The number of carbonyl (C=O) groups is 1. The largest absolute Gasteiger partial charge is 0.448 e. The van der Waals surface area contributed by atoms with Gasteiger partial charge in [0.2, 0.25) is 0 Å². The van der Waals surface area contributed by atoms with E-state index in [1.807, 2.05) is 18.7 Å². The molecular formula is C28H33NO5. The Morgan fingerprint density at radius 2 is 1.65 bits per heavy atom. The summed E-state index contributed by atoms with van der Waals surface area (Å²) in [5.41, 5.74) is 6.16. The Hall–Kier alpha value is -2.67. The maximum atomic E-state index is 13.3. The molecule has 1 saturated heterocycles. The molecule has 0 N–H and O–H groups in total. The van der Waals surface area contributed by atoms with Crippen molar-refractivity contribution >= 4 is 6.09 Å². The highest BCUT2D eigenvalue weighted by Crippen LogP contribution is 2.44. The lowest BCUT2D eigenvalue weighted by Gasteiger charge is -2.44. The normalized spacial score (nSPS) is 21.3. The molecule has 1 fully saturated rings. The van der Waals surface area contributed by atoms with Gasteiger partial charge in [-0.15, -0.1) is 0 Å². The summed E-state index contributed by atoms with van der Waals surface area (Å²) in [4.78, 5) is 15.2. The first-order chi connectivity index (χ1) is 16.7. The van der Waals surface area contributed by atoms with E-state index in [0.29, 0.717) is 39.5 Å². The quantitative estimate of drug-likeness (QED) is 0.402. The van der Waals surface area contributed by atoms with E-state index in [1.165, 1.54) is 27.8 Å². The van der Waals surface area contributed by atoms with Crippen LogP contribution in [0.4, 0.5) is 4.79 Å². The third kappa shape index (κ3) is 4.50. The van der Waals surface area contributed by atoms with Crippen molar-refractivity contribution in [1.29, 1.82) is 0 Å². The third-order valence-corrected chi connectivity index (χ3v) is 6.96. The molecule has 2 heterocycles. The molecule has 2 atom stereocenters. The van der Waals surface area contributed by atoms with Crippen LogP contribution in [0.25, 0.3) is 11.1 Å². The fourth-order valence-corrected chi connectivity index (χ4v) is 5.54. The Morgan fingerprint density at radius 3 is 2.26 bits per heavy atom. The van der Waals surface area contributed by atoms with Crippen molar-refractivity contribution in [2.24, 2.45) is 0 Å². The van der Waals surface area contributed by atoms with E-state index in [0.717, 1.165) is 6.42 Å². The summed E-state index contributed by atoms with van der Waals surface area (Å²) in [5.74, 6) is 0.0569. The van der Waals surface area contributed by atoms with E-state index in [4.69, 9.17) is 18.9 Å². The Balaban J connectivity index is 1.28. The summed E-state index contributed by atoms with van der Waals surface area (Å²) in [6.45, 7) is 6.51. The Bertz CT molecular complexity index is 999. The second-order valence-corrected chi connectivity index (χ2v) is 9.04. The number of amides is 1. The van der Waals surface area contributed by atoms with Gasteiger partial charge in [-0.25, -0.2) is 4.79 Å². The minimum Gasteiger partial charge on any atom is -0.448 e. The van der Waals surface area contributed by atoms with Gasteiger partial charge in [-0.3, -0.25) is 4.90 Å². The average Bonchev–Trinajstić information content (AvgIpc) is 3.16. The zero-order chi connectivity index (χ0) is 23.5. The Kier molecular flexibility index (Phi) is 6.99. The molecule has 0 aromatic heterocycles. The van der Waals surface area contributed by atoms with E-state index >= 15 is 0 Å². The van der Waals surface area contributed by atoms with Gasteiger partial charge in [0.25, 0.3) is 0 Å². The first kappa shape index (κ1) is 23.1. The molecule has 2 aromatic rings. The minimum absolute atomic E-state index is 0.0293. The van der Waals surface area contributed by atoms with Crippen LogP contribution in [0.5, 0.6) is 0 Å². The molecule has 0 radical (unpaired) electrons. The SMILES string of the molecule is CCOC(CC1=CC2COCC(C1)N2C(=O)OCC1c2ccccc2-c2ccccc21)OCC. The van der Waals surface area contributed by atoms with Gasteiger partial charge in [-0.05, 0) is 42.5 Å². The van der Waals surface area contributed by atoms with Crippen molar-refractivity contribution < 1.29 is 23.7 Å². The molecule has 1 aliphatic carbocycles. The van der Waals surface area contributed by atoms with E-state index in [9.17, 15) is 4.79 Å². The van der Waals surface area contributed by atoms with Crippen molar-refractivity contribution in [2.45, 2.75) is 51.0 Å². The summed E-state index contributed by atoms with van der Waals surface area (Å²) in [7, 11) is 0. The van der Waals surface area contributed by atoms with Crippen LogP contribution >= 0.6 is 0 Å². The molecule has 6 heteroatoms. The molecular weight excluding hydrogens is 430 g/mol. The highest BCUT2D eigenvalue weighted by atomic mass is 16.7. The van der Waals surface area contributed by atoms with Gasteiger partial charge in [-0.1, -0.05) is 60.2 Å². The van der Waals surface area contributed by atoms with Crippen LogP contribution in [0.1, 0.15) is 43.7 Å². The molecule has 5 rings (SSSR count). The van der Waals surface area contributed by atoms with E-state index in [-0.39, 0.29) is 30.4 Å². The summed E-state index contributed by atoms with van der Waals surface area (Å²) in [6, 6.07) is 16.6. The molecule has 2 unspecified atom stereocenters. The topological polar surface area (TPSA) is 57.2 Å². The average molecular weight is 464 g/mol. The summed E-state index contributed by atoms with van der Waals surface area (Å²) in [6.07, 6.45) is 3.10. The van der Waals surface area contributed by atoms with Crippen molar-refractivity contribution in [2.75, 3.05) is 33.0 Å². The minimum atomic E-state index is -0.262. The highest BCUT2D eigenvalue weighted by molar-refractivity contribution is 5.79. The lowest BCUT2D eigenvalue weighted by atomic mass is 9.92. The van der Waals surface area contributed by atoms with Gasteiger partial charge in [0.15, 0.2) is 6.29 Å². The van der Waals surface area contributed by atoms with Crippen molar-refractivity contribution in [1.82, 2.24) is 4.90 Å². The van der Waals surface area contributed by atoms with Crippen molar-refractivity contribution in [3.63, 3.8) is 0 Å². The molecule has 1 amide bonds. The number of ether oxygens (including phenoxy) is 4. The number of hydrogen-bond donors (Lipinski definition) is 0. The van der Waals surface area contributed by atoms with Crippen LogP contribution in [0.15, 0.2) is 60.2 Å². The molecule has 6 nitrogen and oxygen atoms in total. The second kappa shape index (κ2) is 10.3. The highest BCUT2D eigenvalue weighted by Gasteiger charge is 2.40. The van der Waals surface area contributed by atoms with Crippen LogP contribution in [-0.2, 0) is 18.9 Å². The standard InChI is InChI=1S/C28H33NO5/c1-3-32-27(33-4-2)15-19-13-20-16-31-17-21(14-19)29(20)28(30)34-18-26-24-11-7-5-9-22(24)23-10-6-8-12-25(23)26/h5-13,20-21,26-27H,3-4,14-18H2,1-2H3. The number of fused-ring (bicyclic) bond motifs is 5. The van der Waals surface area contributed by atoms with Gasteiger partial charge in [0.1, 0.15) is 6.61 Å². The number of benzene rings is 2. The van der Waals surface area contributed by atoms with Crippen LogP contribution in [-0.4, -0.2) is 62.4 Å². The molecule has 2 aliphatic heterocycles. The molecule has 0 saturated carbocycles. The van der Waals surface area contributed by atoms with Crippen molar-refractivity contribution in [3.05, 3.63) is 71.3 Å². The molecule has 2 bridgehead atoms. The number of nitrogens with zero attached hydrogens (tertiary/aromatic N) is 1. The van der Waals surface area contributed by atoms with Gasteiger partial charge >= 0.3 is 6.09 Å². The monoisotopic (exact) mass is 463 g/mol. The van der Waals surface area contributed by atoms with Gasteiger partial charge < -0.3 is 18.9 Å². The fraction of sp³-hybridized carbons (Fsp3) is 0.464.